The molecular formula is C12H16ClFN2. The molecule has 1 aliphatic heterocycles. The molecule has 1 saturated heterocycles. The quantitative estimate of drug-likeness (QED) is 0.748. The average Bonchev–Trinajstić information content (AvgIpc) is 2.44. The Balaban J connectivity index is 2.27. The van der Waals surface area contributed by atoms with E-state index < -0.39 is 0 Å². The maximum atomic E-state index is 13.8. The third-order valence-corrected chi connectivity index (χ3v) is 3.32. The molecule has 88 valence electrons. The molecule has 1 fully saturated rings. The van der Waals surface area contributed by atoms with Crippen LogP contribution < -0.4 is 4.90 Å². The van der Waals surface area contributed by atoms with Gasteiger partial charge in [0.1, 0.15) is 0 Å². The lowest BCUT2D eigenvalue weighted by Crippen LogP contribution is -2.33. The molecule has 0 spiro atoms. The van der Waals surface area contributed by atoms with Crippen molar-refractivity contribution >= 4 is 17.4 Å². The molecule has 2 nitrogen and oxygen atoms in total. The number of nitrogens with zero attached hydrogens (tertiary/aromatic N) is 2. The average molecular weight is 243 g/mol. The highest BCUT2D eigenvalue weighted by atomic mass is 35.5. The van der Waals surface area contributed by atoms with Crippen LogP contribution in [0.15, 0.2) is 12.3 Å². The van der Waals surface area contributed by atoms with Crippen LogP contribution in [-0.2, 0) is 0 Å². The molecule has 0 bridgehead atoms. The van der Waals surface area contributed by atoms with Crippen LogP contribution in [0, 0.1) is 5.82 Å². The minimum Gasteiger partial charge on any atom is -0.351 e. The normalized spacial score (nSPS) is 21.9. The topological polar surface area (TPSA) is 16.1 Å². The lowest BCUT2D eigenvalue weighted by molar-refractivity contribution is 0.572. The zero-order chi connectivity index (χ0) is 11.5. The van der Waals surface area contributed by atoms with Gasteiger partial charge in [-0.15, -0.1) is 0 Å². The summed E-state index contributed by atoms with van der Waals surface area (Å²) < 4.78 is 13.8. The summed E-state index contributed by atoms with van der Waals surface area (Å²) in [5, 5.41) is 0.351. The van der Waals surface area contributed by atoms with Gasteiger partial charge >= 0.3 is 0 Å². The molecule has 0 radical (unpaired) electrons. The fourth-order valence-electron chi connectivity index (χ4n) is 2.21. The monoisotopic (exact) mass is 242 g/mol. The van der Waals surface area contributed by atoms with Gasteiger partial charge in [0.05, 0.1) is 5.02 Å². The molecule has 1 aromatic rings. The van der Waals surface area contributed by atoms with Crippen LogP contribution in [0.5, 0.6) is 0 Å². The molecule has 0 saturated carbocycles. The Kier molecular flexibility index (Phi) is 3.64. The van der Waals surface area contributed by atoms with Gasteiger partial charge in [-0.3, -0.25) is 0 Å². The van der Waals surface area contributed by atoms with Gasteiger partial charge in [-0.25, -0.2) is 9.37 Å². The minimum absolute atomic E-state index is 0.318. The van der Waals surface area contributed by atoms with Gasteiger partial charge in [-0.05, 0) is 25.8 Å². The van der Waals surface area contributed by atoms with E-state index in [-0.39, 0.29) is 5.82 Å². The van der Waals surface area contributed by atoms with Gasteiger partial charge in [0.15, 0.2) is 11.6 Å². The van der Waals surface area contributed by atoms with Crippen LogP contribution in [0.25, 0.3) is 0 Å². The van der Waals surface area contributed by atoms with E-state index in [1.165, 1.54) is 25.1 Å². The molecule has 1 aromatic heterocycles. The Labute approximate surface area is 100 Å². The van der Waals surface area contributed by atoms with E-state index in [4.69, 9.17) is 11.6 Å². The van der Waals surface area contributed by atoms with E-state index in [1.54, 1.807) is 0 Å². The van der Waals surface area contributed by atoms with Crippen molar-refractivity contribution in [3.63, 3.8) is 0 Å². The predicted octanol–water partition coefficient (Wildman–Crippen LogP) is 3.64. The Morgan fingerprint density at radius 2 is 2.25 bits per heavy atom. The van der Waals surface area contributed by atoms with Crippen molar-refractivity contribution in [2.24, 2.45) is 0 Å². The first-order chi connectivity index (χ1) is 7.68. The smallest absolute Gasteiger partial charge is 0.167 e. The lowest BCUT2D eigenvalue weighted by Gasteiger charge is -2.28. The number of halogens is 2. The summed E-state index contributed by atoms with van der Waals surface area (Å²) in [5.41, 5.74) is 0. The van der Waals surface area contributed by atoms with Crippen LogP contribution in [0.3, 0.4) is 0 Å². The molecule has 4 heteroatoms. The summed E-state index contributed by atoms with van der Waals surface area (Å²) in [6.07, 6.45) is 6.15. The zero-order valence-corrected chi connectivity index (χ0v) is 10.2. The lowest BCUT2D eigenvalue weighted by atomic mass is 10.1. The van der Waals surface area contributed by atoms with Gasteiger partial charge < -0.3 is 4.90 Å². The van der Waals surface area contributed by atoms with Crippen molar-refractivity contribution < 1.29 is 4.39 Å². The number of rotatable bonds is 1. The minimum atomic E-state index is -0.318. The second-order valence-corrected chi connectivity index (χ2v) is 4.79. The molecule has 0 N–H and O–H groups in total. The van der Waals surface area contributed by atoms with Crippen LogP contribution in [0.4, 0.5) is 10.2 Å². The van der Waals surface area contributed by atoms with Gasteiger partial charge in [0.25, 0.3) is 0 Å². The van der Waals surface area contributed by atoms with Gasteiger partial charge in [0, 0.05) is 18.8 Å². The molecule has 1 aliphatic rings. The third kappa shape index (κ3) is 2.46. The Hall–Kier alpha value is -0.830. The van der Waals surface area contributed by atoms with E-state index in [0.29, 0.717) is 16.9 Å². The summed E-state index contributed by atoms with van der Waals surface area (Å²) in [7, 11) is 0. The van der Waals surface area contributed by atoms with Crippen LogP contribution in [0.1, 0.15) is 32.6 Å². The largest absolute Gasteiger partial charge is 0.351 e. The molecule has 16 heavy (non-hydrogen) atoms. The highest BCUT2D eigenvalue weighted by Gasteiger charge is 2.21. The summed E-state index contributed by atoms with van der Waals surface area (Å²) in [6, 6.07) is 1.69. The second-order valence-electron chi connectivity index (χ2n) is 4.35. The van der Waals surface area contributed by atoms with Gasteiger partial charge in [-0.1, -0.05) is 24.4 Å². The summed E-state index contributed by atoms with van der Waals surface area (Å²) in [5.74, 6) is 0.125. The third-order valence-electron chi connectivity index (χ3n) is 3.11. The van der Waals surface area contributed by atoms with E-state index >= 15 is 0 Å². The summed E-state index contributed by atoms with van der Waals surface area (Å²) in [4.78, 5) is 6.17. The fraction of sp³-hybridized carbons (Fsp3) is 0.583. The maximum absolute atomic E-state index is 13.8. The first kappa shape index (κ1) is 11.6. The first-order valence-electron chi connectivity index (χ1n) is 5.76. The number of hydrogen-bond acceptors (Lipinski definition) is 2. The SMILES string of the molecule is CC1CCCCCN1c1ncc(Cl)cc1F. The van der Waals surface area contributed by atoms with Gasteiger partial charge in [0.2, 0.25) is 0 Å². The maximum Gasteiger partial charge on any atom is 0.167 e. The van der Waals surface area contributed by atoms with Crippen molar-refractivity contribution in [3.05, 3.63) is 23.1 Å². The molecule has 2 rings (SSSR count). The predicted molar refractivity (Wildman–Crippen MR) is 64.5 cm³/mol. The Bertz CT molecular complexity index is 370. The zero-order valence-electron chi connectivity index (χ0n) is 9.42. The van der Waals surface area contributed by atoms with Crippen molar-refractivity contribution in [1.82, 2.24) is 4.98 Å². The summed E-state index contributed by atoms with van der Waals surface area (Å²) in [6.45, 7) is 3.01. The molecule has 0 amide bonds. The molecule has 2 heterocycles. The highest BCUT2D eigenvalue weighted by Crippen LogP contribution is 2.25. The number of anilines is 1. The van der Waals surface area contributed by atoms with Crippen molar-refractivity contribution in [3.8, 4) is 0 Å². The number of hydrogen-bond donors (Lipinski definition) is 0. The standard InChI is InChI=1S/C12H16ClFN2/c1-9-5-3-2-4-6-16(9)12-11(14)7-10(13)8-15-12/h7-9H,2-6H2,1H3. The Morgan fingerprint density at radius 3 is 3.00 bits per heavy atom. The van der Waals surface area contributed by atoms with Crippen LogP contribution in [0.2, 0.25) is 5.02 Å². The van der Waals surface area contributed by atoms with E-state index in [9.17, 15) is 4.39 Å². The molecule has 1 unspecified atom stereocenters. The van der Waals surface area contributed by atoms with Crippen LogP contribution >= 0.6 is 11.6 Å². The molecule has 0 aromatic carbocycles. The first-order valence-corrected chi connectivity index (χ1v) is 6.14. The molecular weight excluding hydrogens is 227 g/mol. The highest BCUT2D eigenvalue weighted by molar-refractivity contribution is 6.30. The number of pyridine rings is 1. The summed E-state index contributed by atoms with van der Waals surface area (Å²) >= 11 is 5.70. The van der Waals surface area contributed by atoms with Gasteiger partial charge in [-0.2, -0.15) is 0 Å². The van der Waals surface area contributed by atoms with E-state index in [0.717, 1.165) is 19.4 Å². The fourth-order valence-corrected chi connectivity index (χ4v) is 2.35. The van der Waals surface area contributed by atoms with E-state index in [2.05, 4.69) is 16.8 Å². The van der Waals surface area contributed by atoms with Crippen molar-refractivity contribution in [2.75, 3.05) is 11.4 Å². The van der Waals surface area contributed by atoms with E-state index in [1.807, 2.05) is 0 Å². The van der Waals surface area contributed by atoms with Crippen molar-refractivity contribution in [1.29, 1.82) is 0 Å². The molecule has 1 atom stereocenters. The Morgan fingerprint density at radius 1 is 1.44 bits per heavy atom. The second kappa shape index (κ2) is 5.00. The number of aromatic nitrogens is 1. The van der Waals surface area contributed by atoms with Crippen molar-refractivity contribution in [2.45, 2.75) is 38.6 Å². The molecule has 0 aliphatic carbocycles. The van der Waals surface area contributed by atoms with Crippen LogP contribution in [-0.4, -0.2) is 17.6 Å².